The zero-order valence-corrected chi connectivity index (χ0v) is 13.3. The van der Waals surface area contributed by atoms with Gasteiger partial charge in [0.25, 0.3) is 0 Å². The van der Waals surface area contributed by atoms with Crippen LogP contribution in [0, 0.1) is 5.92 Å². The molecule has 1 N–H and O–H groups in total. The number of nitrogens with zero attached hydrogens (tertiary/aromatic N) is 1. The van der Waals surface area contributed by atoms with Gasteiger partial charge in [0.15, 0.2) is 0 Å². The molecule has 1 aliphatic carbocycles. The molecular formula is C18H30N2. The zero-order chi connectivity index (χ0) is 14.4. The molecule has 0 spiro atoms. The van der Waals surface area contributed by atoms with Crippen LogP contribution in [-0.4, -0.2) is 31.6 Å². The maximum atomic E-state index is 3.50. The van der Waals surface area contributed by atoms with E-state index in [1.54, 1.807) is 0 Å². The largest absolute Gasteiger partial charge is 0.313 e. The van der Waals surface area contributed by atoms with Crippen LogP contribution in [0.5, 0.6) is 0 Å². The van der Waals surface area contributed by atoms with Gasteiger partial charge in [0.2, 0.25) is 0 Å². The first-order valence-electron chi connectivity index (χ1n) is 8.15. The Kier molecular flexibility index (Phi) is 6.06. The van der Waals surface area contributed by atoms with Gasteiger partial charge in [0, 0.05) is 18.6 Å². The van der Waals surface area contributed by atoms with Crippen LogP contribution < -0.4 is 5.32 Å². The SMILES string of the molecule is CNC(c1ccccc1)C(C)CN(C)C1CCCCC1. The van der Waals surface area contributed by atoms with Crippen molar-refractivity contribution in [3.8, 4) is 0 Å². The molecule has 0 aromatic heterocycles. The summed E-state index contributed by atoms with van der Waals surface area (Å²) in [5.41, 5.74) is 1.40. The molecule has 20 heavy (non-hydrogen) atoms. The number of benzene rings is 1. The summed E-state index contributed by atoms with van der Waals surface area (Å²) in [5, 5.41) is 3.50. The molecule has 0 saturated heterocycles. The Balaban J connectivity index is 1.93. The van der Waals surface area contributed by atoms with E-state index in [1.807, 2.05) is 0 Å². The van der Waals surface area contributed by atoms with Gasteiger partial charge < -0.3 is 10.2 Å². The van der Waals surface area contributed by atoms with E-state index in [-0.39, 0.29) is 0 Å². The molecule has 0 heterocycles. The van der Waals surface area contributed by atoms with Gasteiger partial charge in [-0.15, -0.1) is 0 Å². The van der Waals surface area contributed by atoms with Gasteiger partial charge in [-0.2, -0.15) is 0 Å². The average molecular weight is 274 g/mol. The second-order valence-electron chi connectivity index (χ2n) is 6.39. The molecule has 112 valence electrons. The van der Waals surface area contributed by atoms with Gasteiger partial charge in [-0.3, -0.25) is 0 Å². The average Bonchev–Trinajstić information content (AvgIpc) is 2.50. The quantitative estimate of drug-likeness (QED) is 0.847. The lowest BCUT2D eigenvalue weighted by Gasteiger charge is -2.35. The van der Waals surface area contributed by atoms with Crippen molar-refractivity contribution in [2.75, 3.05) is 20.6 Å². The van der Waals surface area contributed by atoms with Crippen LogP contribution in [0.25, 0.3) is 0 Å². The third-order valence-corrected chi connectivity index (χ3v) is 4.81. The fourth-order valence-electron chi connectivity index (χ4n) is 3.67. The smallest absolute Gasteiger partial charge is 0.0355 e. The molecule has 1 aromatic rings. The van der Waals surface area contributed by atoms with Crippen molar-refractivity contribution in [2.24, 2.45) is 5.92 Å². The van der Waals surface area contributed by atoms with E-state index in [1.165, 1.54) is 44.2 Å². The Morgan fingerprint density at radius 1 is 1.15 bits per heavy atom. The molecule has 1 aromatic carbocycles. The standard InChI is InChI=1S/C18H30N2/c1-15(14-20(3)17-12-8-5-9-13-17)18(19-2)16-10-6-4-7-11-16/h4,6-7,10-11,15,17-19H,5,8-9,12-14H2,1-3H3. The fraction of sp³-hybridized carbons (Fsp3) is 0.667. The predicted octanol–water partition coefficient (Wildman–Crippen LogP) is 3.85. The van der Waals surface area contributed by atoms with Crippen LogP contribution in [0.15, 0.2) is 30.3 Å². The Hall–Kier alpha value is -0.860. The van der Waals surface area contributed by atoms with Crippen molar-refractivity contribution in [2.45, 2.75) is 51.1 Å². The second-order valence-corrected chi connectivity index (χ2v) is 6.39. The number of nitrogens with one attached hydrogen (secondary N) is 1. The molecule has 0 amide bonds. The second kappa shape index (κ2) is 7.80. The van der Waals surface area contributed by atoms with Gasteiger partial charge in [0.1, 0.15) is 0 Å². The minimum Gasteiger partial charge on any atom is -0.313 e. The van der Waals surface area contributed by atoms with Gasteiger partial charge in [-0.05, 0) is 38.4 Å². The van der Waals surface area contributed by atoms with Crippen LogP contribution in [0.1, 0.15) is 50.6 Å². The van der Waals surface area contributed by atoms with E-state index in [9.17, 15) is 0 Å². The summed E-state index contributed by atoms with van der Waals surface area (Å²) in [4.78, 5) is 2.59. The third-order valence-electron chi connectivity index (χ3n) is 4.81. The molecule has 1 fully saturated rings. The molecule has 2 atom stereocenters. The Morgan fingerprint density at radius 2 is 1.80 bits per heavy atom. The molecule has 2 nitrogen and oxygen atoms in total. The lowest BCUT2D eigenvalue weighted by molar-refractivity contribution is 0.158. The first-order valence-corrected chi connectivity index (χ1v) is 8.15. The summed E-state index contributed by atoms with van der Waals surface area (Å²) < 4.78 is 0. The highest BCUT2D eigenvalue weighted by atomic mass is 15.1. The number of rotatable bonds is 6. The van der Waals surface area contributed by atoms with E-state index < -0.39 is 0 Å². The Labute approximate surface area is 124 Å². The molecule has 0 bridgehead atoms. The van der Waals surface area contributed by atoms with E-state index in [4.69, 9.17) is 0 Å². The Bertz CT molecular complexity index is 370. The van der Waals surface area contributed by atoms with E-state index >= 15 is 0 Å². The van der Waals surface area contributed by atoms with Crippen LogP contribution in [0.2, 0.25) is 0 Å². The molecule has 0 aliphatic heterocycles. The minimum absolute atomic E-state index is 0.447. The maximum absolute atomic E-state index is 3.50. The topological polar surface area (TPSA) is 15.3 Å². The van der Waals surface area contributed by atoms with Gasteiger partial charge >= 0.3 is 0 Å². The highest BCUT2D eigenvalue weighted by Gasteiger charge is 2.23. The van der Waals surface area contributed by atoms with Crippen molar-refractivity contribution in [3.63, 3.8) is 0 Å². The first-order chi connectivity index (χ1) is 9.72. The maximum Gasteiger partial charge on any atom is 0.0355 e. The summed E-state index contributed by atoms with van der Waals surface area (Å²) in [7, 11) is 4.39. The summed E-state index contributed by atoms with van der Waals surface area (Å²) in [6, 6.07) is 12.1. The van der Waals surface area contributed by atoms with E-state index in [2.05, 4.69) is 61.6 Å². The van der Waals surface area contributed by atoms with Crippen LogP contribution in [0.4, 0.5) is 0 Å². The lowest BCUT2D eigenvalue weighted by Crippen LogP contribution is -2.39. The number of hydrogen-bond acceptors (Lipinski definition) is 2. The molecule has 0 radical (unpaired) electrons. The Morgan fingerprint density at radius 3 is 2.40 bits per heavy atom. The summed E-state index contributed by atoms with van der Waals surface area (Å²) in [6.07, 6.45) is 7.04. The molecular weight excluding hydrogens is 244 g/mol. The van der Waals surface area contributed by atoms with Crippen LogP contribution >= 0.6 is 0 Å². The van der Waals surface area contributed by atoms with E-state index in [0.717, 1.165) is 6.04 Å². The first kappa shape index (κ1) is 15.5. The predicted molar refractivity (Wildman–Crippen MR) is 86.9 cm³/mol. The van der Waals surface area contributed by atoms with Gasteiger partial charge in [0.05, 0.1) is 0 Å². The van der Waals surface area contributed by atoms with Gasteiger partial charge in [-0.25, -0.2) is 0 Å². The zero-order valence-electron chi connectivity index (χ0n) is 13.3. The molecule has 2 heteroatoms. The molecule has 1 aliphatic rings. The minimum atomic E-state index is 0.447. The van der Waals surface area contributed by atoms with Crippen LogP contribution in [-0.2, 0) is 0 Å². The monoisotopic (exact) mass is 274 g/mol. The van der Waals surface area contributed by atoms with Crippen molar-refractivity contribution in [1.29, 1.82) is 0 Å². The molecule has 2 unspecified atom stereocenters. The summed E-state index contributed by atoms with van der Waals surface area (Å²) in [6.45, 7) is 3.54. The highest BCUT2D eigenvalue weighted by molar-refractivity contribution is 5.19. The lowest BCUT2D eigenvalue weighted by atomic mass is 9.91. The van der Waals surface area contributed by atoms with E-state index in [0.29, 0.717) is 12.0 Å². The highest BCUT2D eigenvalue weighted by Crippen LogP contribution is 2.26. The summed E-state index contributed by atoms with van der Waals surface area (Å²) >= 11 is 0. The summed E-state index contributed by atoms with van der Waals surface area (Å²) in [5.74, 6) is 0.620. The molecule has 2 rings (SSSR count). The van der Waals surface area contributed by atoms with Crippen LogP contribution in [0.3, 0.4) is 0 Å². The number of hydrogen-bond donors (Lipinski definition) is 1. The van der Waals surface area contributed by atoms with Crippen molar-refractivity contribution >= 4 is 0 Å². The van der Waals surface area contributed by atoms with Gasteiger partial charge in [-0.1, -0.05) is 56.5 Å². The van der Waals surface area contributed by atoms with Crippen molar-refractivity contribution < 1.29 is 0 Å². The molecule has 1 saturated carbocycles. The third kappa shape index (κ3) is 4.07. The normalized spacial score (nSPS) is 20.0. The van der Waals surface area contributed by atoms with Crippen molar-refractivity contribution in [1.82, 2.24) is 10.2 Å². The fourth-order valence-corrected chi connectivity index (χ4v) is 3.67. The van der Waals surface area contributed by atoms with Crippen molar-refractivity contribution in [3.05, 3.63) is 35.9 Å².